The second-order valence-electron chi connectivity index (χ2n) is 6.76. The van der Waals surface area contributed by atoms with Crippen LogP contribution in [-0.2, 0) is 17.4 Å². The number of aliphatic hydroxyl groups excluding tert-OH is 2. The minimum atomic E-state index is -4.40. The van der Waals surface area contributed by atoms with Gasteiger partial charge >= 0.3 is 6.18 Å². The molecule has 1 aliphatic rings. The first-order valence-electron chi connectivity index (χ1n) is 8.44. The number of aliphatic hydroxyl groups is 2. The van der Waals surface area contributed by atoms with Gasteiger partial charge in [-0.1, -0.05) is 25.5 Å². The van der Waals surface area contributed by atoms with Gasteiger partial charge in [0.2, 0.25) is 5.91 Å². The lowest BCUT2D eigenvalue weighted by Crippen LogP contribution is -2.55. The van der Waals surface area contributed by atoms with Crippen LogP contribution in [0, 0.1) is 5.41 Å². The molecule has 0 aliphatic carbocycles. The van der Waals surface area contributed by atoms with Gasteiger partial charge in [0.25, 0.3) is 0 Å². The quantitative estimate of drug-likeness (QED) is 0.850. The van der Waals surface area contributed by atoms with E-state index in [0.29, 0.717) is 24.9 Å². The lowest BCUT2D eigenvalue weighted by atomic mass is 9.74. The first kappa shape index (κ1) is 19.7. The zero-order valence-corrected chi connectivity index (χ0v) is 14.2. The summed E-state index contributed by atoms with van der Waals surface area (Å²) in [4.78, 5) is 14.1. The molecule has 0 unspecified atom stereocenters. The van der Waals surface area contributed by atoms with E-state index in [9.17, 15) is 28.2 Å². The Hall–Kier alpha value is -1.60. The zero-order valence-electron chi connectivity index (χ0n) is 14.2. The summed E-state index contributed by atoms with van der Waals surface area (Å²) in [5.41, 5.74) is -0.954. The summed E-state index contributed by atoms with van der Waals surface area (Å²) >= 11 is 0. The van der Waals surface area contributed by atoms with Gasteiger partial charge in [-0.3, -0.25) is 4.79 Å². The number of likely N-dealkylation sites (tertiary alicyclic amines) is 1. The van der Waals surface area contributed by atoms with Gasteiger partial charge in [0, 0.05) is 18.5 Å². The van der Waals surface area contributed by atoms with Gasteiger partial charge in [0.15, 0.2) is 0 Å². The summed E-state index contributed by atoms with van der Waals surface area (Å²) in [6.07, 6.45) is -3.28. The van der Waals surface area contributed by atoms with Crippen LogP contribution >= 0.6 is 0 Å². The number of nitrogens with zero attached hydrogens (tertiary/aromatic N) is 1. The molecule has 4 nitrogen and oxygen atoms in total. The van der Waals surface area contributed by atoms with Crippen LogP contribution in [0.15, 0.2) is 24.3 Å². The van der Waals surface area contributed by atoms with Gasteiger partial charge < -0.3 is 15.1 Å². The van der Waals surface area contributed by atoms with Crippen molar-refractivity contribution >= 4 is 5.91 Å². The van der Waals surface area contributed by atoms with E-state index in [1.807, 2.05) is 6.92 Å². The maximum atomic E-state index is 12.6. The molecular weight excluding hydrogens is 335 g/mol. The molecule has 1 amide bonds. The van der Waals surface area contributed by atoms with E-state index in [-0.39, 0.29) is 25.5 Å². The van der Waals surface area contributed by atoms with Crippen molar-refractivity contribution in [2.24, 2.45) is 5.41 Å². The van der Waals surface area contributed by atoms with Crippen molar-refractivity contribution in [3.05, 3.63) is 35.4 Å². The molecule has 1 saturated heterocycles. The monoisotopic (exact) mass is 359 g/mol. The Kier molecular flexibility index (Phi) is 6.11. The second kappa shape index (κ2) is 7.74. The lowest BCUT2D eigenvalue weighted by Gasteiger charge is -2.45. The van der Waals surface area contributed by atoms with Crippen LogP contribution in [0.4, 0.5) is 13.2 Å². The van der Waals surface area contributed by atoms with Gasteiger partial charge in [-0.05, 0) is 30.5 Å². The summed E-state index contributed by atoms with van der Waals surface area (Å²) in [5.74, 6) is -0.208. The standard InChI is InChI=1S/C18H24F3NO3/c1-2-8-17(12-23)11-22(9-7-15(17)24)16(25)10-13-3-5-14(6-4-13)18(19,20)21/h3-6,15,23-24H,2,7-12H2,1H3/t15-,17+/m1/s1. The number of amides is 1. The van der Waals surface area contributed by atoms with Crippen LogP contribution in [0.1, 0.15) is 37.3 Å². The molecule has 1 aromatic rings. The van der Waals surface area contributed by atoms with Crippen molar-refractivity contribution < 1.29 is 28.2 Å². The Bertz CT molecular complexity index is 588. The first-order chi connectivity index (χ1) is 11.7. The van der Waals surface area contributed by atoms with E-state index in [2.05, 4.69) is 0 Å². The van der Waals surface area contributed by atoms with Crippen LogP contribution in [0.2, 0.25) is 0 Å². The fourth-order valence-electron chi connectivity index (χ4n) is 3.44. The summed E-state index contributed by atoms with van der Waals surface area (Å²) in [6, 6.07) is 4.56. The second-order valence-corrected chi connectivity index (χ2v) is 6.76. The van der Waals surface area contributed by atoms with Gasteiger partial charge in [-0.25, -0.2) is 0 Å². The van der Waals surface area contributed by atoms with Gasteiger partial charge in [0.05, 0.1) is 24.7 Å². The Balaban J connectivity index is 2.05. The molecular formula is C18H24F3NO3. The van der Waals surface area contributed by atoms with Gasteiger partial charge in [-0.15, -0.1) is 0 Å². The molecule has 0 saturated carbocycles. The van der Waals surface area contributed by atoms with Crippen LogP contribution in [0.25, 0.3) is 0 Å². The molecule has 2 N–H and O–H groups in total. The average molecular weight is 359 g/mol. The van der Waals surface area contributed by atoms with E-state index in [0.717, 1.165) is 18.6 Å². The molecule has 0 aromatic heterocycles. The van der Waals surface area contributed by atoms with Crippen molar-refractivity contribution in [3.63, 3.8) is 0 Å². The van der Waals surface area contributed by atoms with Crippen molar-refractivity contribution in [3.8, 4) is 0 Å². The summed E-state index contributed by atoms with van der Waals surface area (Å²) in [6.45, 7) is 2.39. The molecule has 25 heavy (non-hydrogen) atoms. The number of rotatable bonds is 5. The Morgan fingerprint density at radius 2 is 1.96 bits per heavy atom. The maximum Gasteiger partial charge on any atom is 0.416 e. The Morgan fingerprint density at radius 3 is 2.48 bits per heavy atom. The molecule has 0 radical (unpaired) electrons. The number of hydrogen-bond donors (Lipinski definition) is 2. The van der Waals surface area contributed by atoms with Gasteiger partial charge in [-0.2, -0.15) is 13.2 Å². The lowest BCUT2D eigenvalue weighted by molar-refractivity contribution is -0.141. The molecule has 1 fully saturated rings. The fourth-order valence-corrected chi connectivity index (χ4v) is 3.44. The largest absolute Gasteiger partial charge is 0.416 e. The number of benzene rings is 1. The van der Waals surface area contributed by atoms with E-state index < -0.39 is 23.3 Å². The topological polar surface area (TPSA) is 60.8 Å². The molecule has 2 atom stereocenters. The predicted molar refractivity (Wildman–Crippen MR) is 86.8 cm³/mol. The number of piperidine rings is 1. The molecule has 1 aromatic carbocycles. The van der Waals surface area contributed by atoms with Crippen molar-refractivity contribution in [2.45, 2.75) is 44.9 Å². The predicted octanol–water partition coefficient (Wildman–Crippen LogP) is 2.62. The molecule has 7 heteroatoms. The van der Waals surface area contributed by atoms with E-state index in [1.54, 1.807) is 4.90 Å². The highest BCUT2D eigenvalue weighted by molar-refractivity contribution is 5.79. The third-order valence-corrected chi connectivity index (χ3v) is 4.94. The van der Waals surface area contributed by atoms with Gasteiger partial charge in [0.1, 0.15) is 0 Å². The number of carbonyl (C=O) groups excluding carboxylic acids is 1. The van der Waals surface area contributed by atoms with E-state index >= 15 is 0 Å². The minimum Gasteiger partial charge on any atom is -0.396 e. The number of carbonyl (C=O) groups is 1. The summed E-state index contributed by atoms with van der Waals surface area (Å²) in [7, 11) is 0. The van der Waals surface area contributed by atoms with E-state index in [1.165, 1.54) is 12.1 Å². The van der Waals surface area contributed by atoms with Crippen LogP contribution in [0.3, 0.4) is 0 Å². The van der Waals surface area contributed by atoms with Crippen LogP contribution in [-0.4, -0.2) is 46.8 Å². The SMILES string of the molecule is CCC[C@@]1(CO)CN(C(=O)Cc2ccc(C(F)(F)F)cc2)CC[C@H]1O. The average Bonchev–Trinajstić information content (AvgIpc) is 2.56. The number of alkyl halides is 3. The summed E-state index contributed by atoms with van der Waals surface area (Å²) in [5, 5.41) is 20.0. The smallest absolute Gasteiger partial charge is 0.396 e. The molecule has 1 aliphatic heterocycles. The third kappa shape index (κ3) is 4.52. The summed E-state index contributed by atoms with van der Waals surface area (Å²) < 4.78 is 37.8. The molecule has 140 valence electrons. The first-order valence-corrected chi connectivity index (χ1v) is 8.44. The normalized spacial score (nSPS) is 24.4. The van der Waals surface area contributed by atoms with E-state index in [4.69, 9.17) is 0 Å². The number of hydrogen-bond acceptors (Lipinski definition) is 3. The third-order valence-electron chi connectivity index (χ3n) is 4.94. The molecule has 0 spiro atoms. The highest BCUT2D eigenvalue weighted by Crippen LogP contribution is 2.35. The van der Waals surface area contributed by atoms with Crippen molar-refractivity contribution in [2.75, 3.05) is 19.7 Å². The van der Waals surface area contributed by atoms with Crippen molar-refractivity contribution in [1.82, 2.24) is 4.90 Å². The zero-order chi connectivity index (χ0) is 18.7. The highest BCUT2D eigenvalue weighted by atomic mass is 19.4. The highest BCUT2D eigenvalue weighted by Gasteiger charge is 2.42. The van der Waals surface area contributed by atoms with Crippen LogP contribution < -0.4 is 0 Å². The fraction of sp³-hybridized carbons (Fsp3) is 0.611. The van der Waals surface area contributed by atoms with Crippen LogP contribution in [0.5, 0.6) is 0 Å². The molecule has 2 rings (SSSR count). The van der Waals surface area contributed by atoms with Crippen molar-refractivity contribution in [1.29, 1.82) is 0 Å². The number of halogens is 3. The molecule has 0 bridgehead atoms. The minimum absolute atomic E-state index is 0.00185. The Morgan fingerprint density at radius 1 is 1.32 bits per heavy atom. The Labute approximate surface area is 145 Å². The molecule has 1 heterocycles. The maximum absolute atomic E-state index is 12.6.